The molecule has 0 aliphatic carbocycles. The molecule has 0 aromatic heterocycles. The Balaban J connectivity index is 1.55. The number of ether oxygens (including phenoxy) is 1. The molecule has 0 saturated carbocycles. The molecule has 0 heterocycles. The Labute approximate surface area is 194 Å². The van der Waals surface area contributed by atoms with E-state index in [4.69, 9.17) is 4.74 Å². The van der Waals surface area contributed by atoms with Crippen LogP contribution in [0.4, 0.5) is 5.69 Å². The number of hydrogen-bond donors (Lipinski definition) is 1. The van der Waals surface area contributed by atoms with Gasteiger partial charge in [0.25, 0.3) is 5.91 Å². The Morgan fingerprint density at radius 2 is 1.66 bits per heavy atom. The number of anilines is 1. The molecule has 4 aromatic carbocycles. The van der Waals surface area contributed by atoms with E-state index in [2.05, 4.69) is 39.4 Å². The first-order chi connectivity index (χ1) is 15.6. The molecule has 4 rings (SSSR count). The Bertz CT molecular complexity index is 1330. The van der Waals surface area contributed by atoms with Crippen molar-refractivity contribution in [3.8, 4) is 11.8 Å². The van der Waals surface area contributed by atoms with Crippen LogP contribution in [0.1, 0.15) is 11.1 Å². The number of benzene rings is 4. The number of carbonyl (C=O) groups is 1. The number of nitriles is 1. The van der Waals surface area contributed by atoms with Crippen molar-refractivity contribution < 1.29 is 9.53 Å². The highest BCUT2D eigenvalue weighted by atomic mass is 79.9. The summed E-state index contributed by atoms with van der Waals surface area (Å²) in [7, 11) is 0. The lowest BCUT2D eigenvalue weighted by Gasteiger charge is -2.12. The molecule has 32 heavy (non-hydrogen) atoms. The fourth-order valence-corrected chi connectivity index (χ4v) is 3.61. The molecule has 1 N–H and O–H groups in total. The summed E-state index contributed by atoms with van der Waals surface area (Å²) >= 11 is 3.36. The molecule has 0 atom stereocenters. The lowest BCUT2D eigenvalue weighted by molar-refractivity contribution is -0.112. The quantitative estimate of drug-likeness (QED) is 0.244. The summed E-state index contributed by atoms with van der Waals surface area (Å²) in [5.41, 5.74) is 2.33. The standard InChI is InChI=1S/C27H19BrN2O2/c28-23-12-14-24(15-13-23)30-27(31)22(17-29)16-20-7-2-4-11-26(20)32-18-21-9-5-8-19-6-1-3-10-25(19)21/h1-16H,18H2,(H,30,31)/b22-16-. The van der Waals surface area contributed by atoms with Crippen LogP contribution in [0.15, 0.2) is 101 Å². The van der Waals surface area contributed by atoms with E-state index in [9.17, 15) is 10.1 Å². The zero-order valence-corrected chi connectivity index (χ0v) is 18.7. The Morgan fingerprint density at radius 3 is 2.47 bits per heavy atom. The van der Waals surface area contributed by atoms with Crippen LogP contribution in [0.25, 0.3) is 16.8 Å². The predicted octanol–water partition coefficient (Wildman–Crippen LogP) is 6.73. The first kappa shape index (κ1) is 21.4. The van der Waals surface area contributed by atoms with Crippen LogP contribution in [0.5, 0.6) is 5.75 Å². The number of rotatable bonds is 6. The fourth-order valence-electron chi connectivity index (χ4n) is 3.34. The molecule has 0 radical (unpaired) electrons. The van der Waals surface area contributed by atoms with E-state index in [0.29, 0.717) is 23.6 Å². The molecule has 0 aliphatic rings. The molecule has 0 bridgehead atoms. The summed E-state index contributed by atoms with van der Waals surface area (Å²) in [5, 5.41) is 14.6. The second-order valence-electron chi connectivity index (χ2n) is 7.10. The smallest absolute Gasteiger partial charge is 0.266 e. The maximum Gasteiger partial charge on any atom is 0.266 e. The number of amides is 1. The van der Waals surface area contributed by atoms with Gasteiger partial charge in [0.2, 0.25) is 0 Å². The second kappa shape index (κ2) is 9.95. The fraction of sp³-hybridized carbons (Fsp3) is 0.0370. The molecular weight excluding hydrogens is 464 g/mol. The van der Waals surface area contributed by atoms with Gasteiger partial charge in [-0.15, -0.1) is 0 Å². The molecule has 0 fully saturated rings. The van der Waals surface area contributed by atoms with Gasteiger partial charge in [-0.25, -0.2) is 0 Å². The van der Waals surface area contributed by atoms with Gasteiger partial charge in [0.1, 0.15) is 24.0 Å². The SMILES string of the molecule is N#C/C(=C/c1ccccc1OCc1cccc2ccccc12)C(=O)Nc1ccc(Br)cc1. The van der Waals surface area contributed by atoms with Gasteiger partial charge in [-0.3, -0.25) is 4.79 Å². The van der Waals surface area contributed by atoms with Gasteiger partial charge in [-0.1, -0.05) is 76.6 Å². The number of para-hydroxylation sites is 1. The predicted molar refractivity (Wildman–Crippen MR) is 131 cm³/mol. The average Bonchev–Trinajstić information content (AvgIpc) is 2.83. The molecular formula is C27H19BrN2O2. The van der Waals surface area contributed by atoms with Crippen LogP contribution in [0.3, 0.4) is 0 Å². The first-order valence-corrected chi connectivity index (χ1v) is 10.8. The van der Waals surface area contributed by atoms with Gasteiger partial charge in [0, 0.05) is 15.7 Å². The van der Waals surface area contributed by atoms with Gasteiger partial charge >= 0.3 is 0 Å². The molecule has 4 nitrogen and oxygen atoms in total. The molecule has 156 valence electrons. The minimum absolute atomic E-state index is 0.00544. The average molecular weight is 483 g/mol. The van der Waals surface area contributed by atoms with Gasteiger partial charge in [-0.05, 0) is 52.7 Å². The zero-order chi connectivity index (χ0) is 22.3. The normalized spacial score (nSPS) is 11.1. The van der Waals surface area contributed by atoms with Gasteiger partial charge < -0.3 is 10.1 Å². The van der Waals surface area contributed by atoms with Crippen molar-refractivity contribution in [2.24, 2.45) is 0 Å². The van der Waals surface area contributed by atoms with Crippen molar-refractivity contribution in [3.05, 3.63) is 112 Å². The maximum absolute atomic E-state index is 12.6. The van der Waals surface area contributed by atoms with Crippen molar-refractivity contribution in [3.63, 3.8) is 0 Å². The zero-order valence-electron chi connectivity index (χ0n) is 17.1. The Kier molecular flexibility index (Phi) is 6.64. The lowest BCUT2D eigenvalue weighted by Crippen LogP contribution is -2.13. The van der Waals surface area contributed by atoms with Crippen LogP contribution in [0.2, 0.25) is 0 Å². The number of nitrogens with one attached hydrogen (secondary N) is 1. The summed E-state index contributed by atoms with van der Waals surface area (Å²) in [4.78, 5) is 12.6. The molecule has 5 heteroatoms. The summed E-state index contributed by atoms with van der Waals surface area (Å²) in [6.07, 6.45) is 1.55. The third-order valence-corrected chi connectivity index (χ3v) is 5.48. The van der Waals surface area contributed by atoms with Crippen LogP contribution in [-0.4, -0.2) is 5.91 Å². The van der Waals surface area contributed by atoms with Crippen LogP contribution in [-0.2, 0) is 11.4 Å². The van der Waals surface area contributed by atoms with E-state index in [1.807, 2.05) is 66.7 Å². The number of nitrogens with zero attached hydrogens (tertiary/aromatic N) is 1. The lowest BCUT2D eigenvalue weighted by atomic mass is 10.1. The van der Waals surface area contributed by atoms with Crippen LogP contribution < -0.4 is 10.1 Å². The Morgan fingerprint density at radius 1 is 0.938 bits per heavy atom. The molecule has 0 unspecified atom stereocenters. The maximum atomic E-state index is 12.6. The van der Waals surface area contributed by atoms with E-state index < -0.39 is 5.91 Å². The first-order valence-electron chi connectivity index (χ1n) is 10.0. The Hall–Kier alpha value is -3.88. The van der Waals surface area contributed by atoms with Crippen molar-refractivity contribution in [1.82, 2.24) is 0 Å². The highest BCUT2D eigenvalue weighted by molar-refractivity contribution is 9.10. The van der Waals surface area contributed by atoms with Crippen molar-refractivity contribution in [2.45, 2.75) is 6.61 Å². The highest BCUT2D eigenvalue weighted by Crippen LogP contribution is 2.25. The summed E-state index contributed by atoms with van der Waals surface area (Å²) in [6, 6.07) is 30.8. The topological polar surface area (TPSA) is 62.1 Å². The number of fused-ring (bicyclic) bond motifs is 1. The van der Waals surface area contributed by atoms with Crippen LogP contribution in [0, 0.1) is 11.3 Å². The van der Waals surface area contributed by atoms with Gasteiger partial charge in [0.05, 0.1) is 0 Å². The minimum atomic E-state index is -0.473. The molecule has 4 aromatic rings. The summed E-state index contributed by atoms with van der Waals surface area (Å²) in [6.45, 7) is 0.374. The summed E-state index contributed by atoms with van der Waals surface area (Å²) in [5.74, 6) is 0.128. The highest BCUT2D eigenvalue weighted by Gasteiger charge is 2.12. The third-order valence-electron chi connectivity index (χ3n) is 4.95. The number of carbonyl (C=O) groups excluding carboxylic acids is 1. The van der Waals surface area contributed by atoms with E-state index in [-0.39, 0.29) is 5.57 Å². The monoisotopic (exact) mass is 482 g/mol. The second-order valence-corrected chi connectivity index (χ2v) is 8.01. The number of halogens is 1. The molecule has 0 aliphatic heterocycles. The largest absolute Gasteiger partial charge is 0.488 e. The summed E-state index contributed by atoms with van der Waals surface area (Å²) < 4.78 is 7.00. The van der Waals surface area contributed by atoms with Crippen molar-refractivity contribution >= 4 is 44.4 Å². The van der Waals surface area contributed by atoms with E-state index >= 15 is 0 Å². The minimum Gasteiger partial charge on any atom is -0.488 e. The van der Waals surface area contributed by atoms with Gasteiger partial charge in [-0.2, -0.15) is 5.26 Å². The van der Waals surface area contributed by atoms with E-state index in [1.54, 1.807) is 18.2 Å². The van der Waals surface area contributed by atoms with Gasteiger partial charge in [0.15, 0.2) is 0 Å². The van der Waals surface area contributed by atoms with E-state index in [0.717, 1.165) is 20.8 Å². The van der Waals surface area contributed by atoms with Crippen molar-refractivity contribution in [2.75, 3.05) is 5.32 Å². The number of hydrogen-bond acceptors (Lipinski definition) is 3. The van der Waals surface area contributed by atoms with Crippen LogP contribution >= 0.6 is 15.9 Å². The molecule has 0 saturated heterocycles. The van der Waals surface area contributed by atoms with Crippen molar-refractivity contribution in [1.29, 1.82) is 5.26 Å². The molecule has 1 amide bonds. The van der Waals surface area contributed by atoms with E-state index in [1.165, 1.54) is 0 Å². The molecule has 0 spiro atoms. The third kappa shape index (κ3) is 5.05.